The van der Waals surface area contributed by atoms with Gasteiger partial charge in [-0.2, -0.15) is 4.31 Å². The summed E-state index contributed by atoms with van der Waals surface area (Å²) in [6, 6.07) is 5.25. The fraction of sp³-hybridized carbons (Fsp3) is 0.556. The fourth-order valence-corrected chi connectivity index (χ4v) is 6.84. The molecule has 2 aliphatic rings. The highest BCUT2D eigenvalue weighted by Crippen LogP contribution is 2.29. The molecule has 0 amide bonds. The van der Waals surface area contributed by atoms with Gasteiger partial charge in [0.25, 0.3) is 10.0 Å². The van der Waals surface area contributed by atoms with Crippen molar-refractivity contribution in [2.45, 2.75) is 29.9 Å². The van der Waals surface area contributed by atoms with Gasteiger partial charge in [0.1, 0.15) is 22.2 Å². The van der Waals surface area contributed by atoms with Crippen LogP contribution in [0.5, 0.6) is 0 Å². The van der Waals surface area contributed by atoms with Crippen LogP contribution in [-0.4, -0.2) is 62.0 Å². The predicted octanol–water partition coefficient (Wildman–Crippen LogP) is 3.08. The third kappa shape index (κ3) is 4.27. The van der Waals surface area contributed by atoms with Crippen LogP contribution in [0.2, 0.25) is 4.34 Å². The lowest BCUT2D eigenvalue weighted by atomic mass is 10.1. The third-order valence-electron chi connectivity index (χ3n) is 5.24. The molecule has 28 heavy (non-hydrogen) atoms. The van der Waals surface area contributed by atoms with E-state index in [2.05, 4.69) is 19.8 Å². The molecule has 0 aromatic carbocycles. The average Bonchev–Trinajstić information content (AvgIpc) is 3.01. The van der Waals surface area contributed by atoms with Crippen molar-refractivity contribution in [3.63, 3.8) is 0 Å². The second kappa shape index (κ2) is 8.52. The van der Waals surface area contributed by atoms with Gasteiger partial charge in [-0.1, -0.05) is 11.6 Å². The number of sulfonamides is 1. The molecule has 0 saturated carbocycles. The van der Waals surface area contributed by atoms with E-state index in [0.717, 1.165) is 49.0 Å². The second-order valence-electron chi connectivity index (χ2n) is 7.09. The molecule has 0 spiro atoms. The Morgan fingerprint density at radius 2 is 1.54 bits per heavy atom. The van der Waals surface area contributed by atoms with E-state index in [1.165, 1.54) is 19.3 Å². The van der Waals surface area contributed by atoms with Gasteiger partial charge in [0.05, 0.1) is 4.34 Å². The Labute approximate surface area is 175 Å². The minimum absolute atomic E-state index is 0.306. The summed E-state index contributed by atoms with van der Waals surface area (Å²) in [6.07, 6.45) is 6.04. The molecule has 152 valence electrons. The van der Waals surface area contributed by atoms with Crippen LogP contribution in [0.1, 0.15) is 25.7 Å². The molecule has 2 saturated heterocycles. The van der Waals surface area contributed by atoms with Crippen LogP contribution in [0.3, 0.4) is 0 Å². The van der Waals surface area contributed by atoms with Crippen molar-refractivity contribution in [1.82, 2.24) is 14.3 Å². The third-order valence-corrected chi connectivity index (χ3v) is 8.84. The second-order valence-corrected chi connectivity index (χ2v) is 11.0. The van der Waals surface area contributed by atoms with Crippen molar-refractivity contribution >= 4 is 44.6 Å². The first kappa shape index (κ1) is 19.9. The van der Waals surface area contributed by atoms with E-state index in [1.807, 2.05) is 6.07 Å². The summed E-state index contributed by atoms with van der Waals surface area (Å²) in [7, 11) is -3.50. The van der Waals surface area contributed by atoms with E-state index < -0.39 is 10.0 Å². The standard InChI is InChI=1S/C18H24ClN5O2S2/c19-15-5-6-18(27-15)28(25,26)24-10-4-9-23(11-12-24)17-13-16(20-14-21-17)22-7-2-1-3-8-22/h5-6,13-14H,1-4,7-12H2. The maximum Gasteiger partial charge on any atom is 0.252 e. The van der Waals surface area contributed by atoms with Crippen molar-refractivity contribution in [3.05, 3.63) is 28.9 Å². The number of nitrogens with zero attached hydrogens (tertiary/aromatic N) is 5. The number of anilines is 2. The van der Waals surface area contributed by atoms with E-state index in [4.69, 9.17) is 11.6 Å². The Balaban J connectivity index is 1.47. The monoisotopic (exact) mass is 441 g/mol. The molecular weight excluding hydrogens is 418 g/mol. The van der Waals surface area contributed by atoms with Gasteiger partial charge in [-0.3, -0.25) is 0 Å². The molecule has 0 bridgehead atoms. The lowest BCUT2D eigenvalue weighted by Crippen LogP contribution is -2.35. The van der Waals surface area contributed by atoms with Crippen molar-refractivity contribution in [2.75, 3.05) is 49.1 Å². The molecule has 7 nitrogen and oxygen atoms in total. The first-order valence-electron chi connectivity index (χ1n) is 9.61. The van der Waals surface area contributed by atoms with Crippen LogP contribution >= 0.6 is 22.9 Å². The predicted molar refractivity (Wildman–Crippen MR) is 113 cm³/mol. The van der Waals surface area contributed by atoms with Crippen LogP contribution in [0.25, 0.3) is 0 Å². The Hall–Kier alpha value is -1.42. The molecule has 10 heteroatoms. The van der Waals surface area contributed by atoms with Crippen molar-refractivity contribution < 1.29 is 8.42 Å². The molecule has 0 N–H and O–H groups in total. The molecule has 0 unspecified atom stereocenters. The lowest BCUT2D eigenvalue weighted by Gasteiger charge is -2.29. The average molecular weight is 442 g/mol. The minimum atomic E-state index is -3.50. The first-order valence-corrected chi connectivity index (χ1v) is 12.2. The molecule has 0 radical (unpaired) electrons. The van der Waals surface area contributed by atoms with Crippen molar-refractivity contribution in [3.8, 4) is 0 Å². The van der Waals surface area contributed by atoms with E-state index in [1.54, 1.807) is 22.8 Å². The van der Waals surface area contributed by atoms with Crippen LogP contribution in [0.15, 0.2) is 28.7 Å². The largest absolute Gasteiger partial charge is 0.356 e. The molecule has 2 fully saturated rings. The minimum Gasteiger partial charge on any atom is -0.356 e. The number of halogens is 1. The van der Waals surface area contributed by atoms with Crippen LogP contribution in [0.4, 0.5) is 11.6 Å². The highest BCUT2D eigenvalue weighted by atomic mass is 35.5. The quantitative estimate of drug-likeness (QED) is 0.726. The summed E-state index contributed by atoms with van der Waals surface area (Å²) in [5, 5.41) is 0. The highest BCUT2D eigenvalue weighted by Gasteiger charge is 2.28. The van der Waals surface area contributed by atoms with Crippen molar-refractivity contribution in [2.24, 2.45) is 0 Å². The molecule has 4 heterocycles. The number of aromatic nitrogens is 2. The number of hydrogen-bond donors (Lipinski definition) is 0. The molecular formula is C18H24ClN5O2S2. The first-order chi connectivity index (χ1) is 13.5. The molecule has 4 rings (SSSR count). The van der Waals surface area contributed by atoms with Gasteiger partial charge in [-0.05, 0) is 37.8 Å². The Morgan fingerprint density at radius 3 is 2.21 bits per heavy atom. The topological polar surface area (TPSA) is 69.6 Å². The highest BCUT2D eigenvalue weighted by molar-refractivity contribution is 7.91. The summed E-state index contributed by atoms with van der Waals surface area (Å²) in [4.78, 5) is 13.4. The molecule has 0 aliphatic carbocycles. The van der Waals surface area contributed by atoms with Crippen LogP contribution in [0, 0.1) is 0 Å². The van der Waals surface area contributed by atoms with Gasteiger partial charge in [-0.15, -0.1) is 11.3 Å². The molecule has 2 aromatic rings. The fourth-order valence-electron chi connectivity index (χ4n) is 3.73. The van der Waals surface area contributed by atoms with Crippen LogP contribution in [-0.2, 0) is 10.0 Å². The van der Waals surface area contributed by atoms with Crippen LogP contribution < -0.4 is 9.80 Å². The lowest BCUT2D eigenvalue weighted by molar-refractivity contribution is 0.434. The number of rotatable bonds is 4. The van der Waals surface area contributed by atoms with Crippen molar-refractivity contribution in [1.29, 1.82) is 0 Å². The molecule has 2 aromatic heterocycles. The maximum absolute atomic E-state index is 12.9. The zero-order valence-electron chi connectivity index (χ0n) is 15.6. The van der Waals surface area contributed by atoms with Gasteiger partial charge < -0.3 is 9.80 Å². The SMILES string of the molecule is O=S(=O)(c1ccc(Cl)s1)N1CCCN(c2cc(N3CCCCC3)ncn2)CC1. The molecule has 0 atom stereocenters. The van der Waals surface area contributed by atoms with Gasteiger partial charge >= 0.3 is 0 Å². The van der Waals surface area contributed by atoms with E-state index in [9.17, 15) is 8.42 Å². The Kier molecular flexibility index (Phi) is 6.05. The maximum atomic E-state index is 12.9. The van der Waals surface area contributed by atoms with E-state index in [0.29, 0.717) is 28.2 Å². The zero-order chi connectivity index (χ0) is 19.6. The summed E-state index contributed by atoms with van der Waals surface area (Å²) >= 11 is 7.03. The smallest absolute Gasteiger partial charge is 0.252 e. The number of hydrogen-bond acceptors (Lipinski definition) is 7. The summed E-state index contributed by atoms with van der Waals surface area (Å²) in [5.41, 5.74) is 0. The zero-order valence-corrected chi connectivity index (χ0v) is 18.0. The summed E-state index contributed by atoms with van der Waals surface area (Å²) < 4.78 is 28.1. The summed E-state index contributed by atoms with van der Waals surface area (Å²) in [5.74, 6) is 1.83. The van der Waals surface area contributed by atoms with Gasteiger partial charge in [-0.25, -0.2) is 18.4 Å². The normalized spacial score (nSPS) is 19.6. The van der Waals surface area contributed by atoms with Gasteiger partial charge in [0.2, 0.25) is 0 Å². The Morgan fingerprint density at radius 1 is 0.857 bits per heavy atom. The summed E-state index contributed by atoms with van der Waals surface area (Å²) in [6.45, 7) is 4.37. The van der Waals surface area contributed by atoms with Gasteiger partial charge in [0, 0.05) is 45.3 Å². The van der Waals surface area contributed by atoms with Gasteiger partial charge in [0.15, 0.2) is 0 Å². The number of thiophene rings is 1. The van der Waals surface area contributed by atoms with E-state index >= 15 is 0 Å². The molecule has 2 aliphatic heterocycles. The number of piperidine rings is 1. The van der Waals surface area contributed by atoms with E-state index in [-0.39, 0.29) is 0 Å². The Bertz CT molecular complexity index is 914.